The first-order valence-corrected chi connectivity index (χ1v) is 5.89. The maximum absolute atomic E-state index is 11.5. The van der Waals surface area contributed by atoms with Gasteiger partial charge in [0.1, 0.15) is 11.8 Å². The Balaban J connectivity index is 2.18. The summed E-state index contributed by atoms with van der Waals surface area (Å²) in [7, 11) is 3.04. The van der Waals surface area contributed by atoms with E-state index in [4.69, 9.17) is 9.47 Å². The molecule has 1 saturated heterocycles. The average molecular weight is 250 g/mol. The van der Waals surface area contributed by atoms with E-state index < -0.39 is 0 Å². The molecular weight excluding hydrogens is 232 g/mol. The third kappa shape index (κ3) is 2.47. The first kappa shape index (κ1) is 12.9. The van der Waals surface area contributed by atoms with Gasteiger partial charge in [0.05, 0.1) is 20.3 Å². The molecule has 2 unspecified atom stereocenters. The van der Waals surface area contributed by atoms with Gasteiger partial charge in [-0.3, -0.25) is 4.79 Å². The number of rotatable bonds is 3. The molecule has 5 nitrogen and oxygen atoms in total. The van der Waals surface area contributed by atoms with Crippen LogP contribution in [0.25, 0.3) is 0 Å². The van der Waals surface area contributed by atoms with Crippen LogP contribution in [0.3, 0.4) is 0 Å². The molecule has 2 atom stereocenters. The Hall–Kier alpha value is -1.59. The van der Waals surface area contributed by atoms with Crippen molar-refractivity contribution in [1.82, 2.24) is 10.9 Å². The number of benzene rings is 1. The Morgan fingerprint density at radius 3 is 2.78 bits per heavy atom. The number of hydrogen-bond donors (Lipinski definition) is 2. The monoisotopic (exact) mass is 250 g/mol. The van der Waals surface area contributed by atoms with Crippen molar-refractivity contribution in [2.75, 3.05) is 14.2 Å². The smallest absolute Gasteiger partial charge is 0.324 e. The lowest BCUT2D eigenvalue weighted by molar-refractivity contribution is -0.142. The molecule has 1 heterocycles. The van der Waals surface area contributed by atoms with Gasteiger partial charge >= 0.3 is 5.97 Å². The molecule has 0 saturated carbocycles. The Kier molecular flexibility index (Phi) is 3.84. The number of hydrogen-bond acceptors (Lipinski definition) is 5. The van der Waals surface area contributed by atoms with Gasteiger partial charge in [0.25, 0.3) is 0 Å². The van der Waals surface area contributed by atoms with Crippen LogP contribution in [0, 0.1) is 6.92 Å². The highest BCUT2D eigenvalue weighted by Crippen LogP contribution is 2.31. The van der Waals surface area contributed by atoms with E-state index in [0.29, 0.717) is 6.42 Å². The van der Waals surface area contributed by atoms with E-state index in [0.717, 1.165) is 16.9 Å². The predicted molar refractivity (Wildman–Crippen MR) is 67.2 cm³/mol. The molecule has 98 valence electrons. The van der Waals surface area contributed by atoms with Gasteiger partial charge in [-0.1, -0.05) is 17.7 Å². The van der Waals surface area contributed by atoms with Crippen molar-refractivity contribution in [2.24, 2.45) is 0 Å². The van der Waals surface area contributed by atoms with Crippen LogP contribution in [0.2, 0.25) is 0 Å². The summed E-state index contributed by atoms with van der Waals surface area (Å²) in [5, 5.41) is 0. The molecule has 0 aliphatic carbocycles. The van der Waals surface area contributed by atoms with Crippen LogP contribution in [0.5, 0.6) is 5.75 Å². The summed E-state index contributed by atoms with van der Waals surface area (Å²) in [6.45, 7) is 2.03. The SMILES string of the molecule is COC(=O)C1CC(c2cc(C)ccc2OC)NN1. The fourth-order valence-electron chi connectivity index (χ4n) is 2.18. The molecule has 1 aromatic rings. The summed E-state index contributed by atoms with van der Waals surface area (Å²) in [6.07, 6.45) is 0.645. The topological polar surface area (TPSA) is 59.6 Å². The van der Waals surface area contributed by atoms with Crippen LogP contribution in [-0.4, -0.2) is 26.2 Å². The molecule has 2 rings (SSSR count). The van der Waals surface area contributed by atoms with Crippen molar-refractivity contribution >= 4 is 5.97 Å². The molecule has 1 fully saturated rings. The van der Waals surface area contributed by atoms with E-state index in [2.05, 4.69) is 16.9 Å². The summed E-state index contributed by atoms with van der Waals surface area (Å²) in [4.78, 5) is 11.5. The summed E-state index contributed by atoms with van der Waals surface area (Å²) in [5.41, 5.74) is 8.27. The molecule has 1 aromatic carbocycles. The third-order valence-corrected chi connectivity index (χ3v) is 3.15. The molecule has 0 spiro atoms. The third-order valence-electron chi connectivity index (χ3n) is 3.15. The quantitative estimate of drug-likeness (QED) is 0.786. The van der Waals surface area contributed by atoms with Gasteiger partial charge in [0.15, 0.2) is 0 Å². The van der Waals surface area contributed by atoms with Gasteiger partial charge in [-0.15, -0.1) is 0 Å². The minimum atomic E-state index is -0.315. The van der Waals surface area contributed by atoms with Crippen LogP contribution in [0.1, 0.15) is 23.6 Å². The highest BCUT2D eigenvalue weighted by atomic mass is 16.5. The standard InChI is InChI=1S/C13H18N2O3/c1-8-4-5-12(17-2)9(6-8)10-7-11(15-14-10)13(16)18-3/h4-6,10-11,14-15H,7H2,1-3H3. The molecule has 18 heavy (non-hydrogen) atoms. The van der Waals surface area contributed by atoms with Gasteiger partial charge in [0.2, 0.25) is 0 Å². The summed E-state index contributed by atoms with van der Waals surface area (Å²) in [5.74, 6) is 0.571. The first-order chi connectivity index (χ1) is 8.65. The molecule has 0 bridgehead atoms. The van der Waals surface area contributed by atoms with Gasteiger partial charge in [-0.25, -0.2) is 10.9 Å². The van der Waals surface area contributed by atoms with E-state index in [1.807, 2.05) is 19.1 Å². The highest BCUT2D eigenvalue weighted by molar-refractivity contribution is 5.76. The Bertz CT molecular complexity index is 448. The number of ether oxygens (including phenoxy) is 2. The van der Waals surface area contributed by atoms with Gasteiger partial charge in [-0.2, -0.15) is 0 Å². The largest absolute Gasteiger partial charge is 0.496 e. The molecule has 0 amide bonds. The fourth-order valence-corrected chi connectivity index (χ4v) is 2.18. The van der Waals surface area contributed by atoms with Gasteiger partial charge in [0, 0.05) is 5.56 Å². The second-order valence-electron chi connectivity index (χ2n) is 4.40. The Labute approximate surface area is 106 Å². The van der Waals surface area contributed by atoms with Crippen LogP contribution >= 0.6 is 0 Å². The zero-order chi connectivity index (χ0) is 13.1. The van der Waals surface area contributed by atoms with Crippen LogP contribution in [0.15, 0.2) is 18.2 Å². The lowest BCUT2D eigenvalue weighted by Gasteiger charge is -2.15. The highest BCUT2D eigenvalue weighted by Gasteiger charge is 2.32. The zero-order valence-electron chi connectivity index (χ0n) is 10.8. The van der Waals surface area contributed by atoms with E-state index in [-0.39, 0.29) is 18.1 Å². The molecular formula is C13H18N2O3. The molecule has 0 aromatic heterocycles. The zero-order valence-corrected chi connectivity index (χ0v) is 10.8. The number of carbonyl (C=O) groups is 1. The number of methoxy groups -OCH3 is 2. The van der Waals surface area contributed by atoms with Crippen molar-refractivity contribution in [3.8, 4) is 5.75 Å². The van der Waals surface area contributed by atoms with Gasteiger partial charge in [-0.05, 0) is 19.4 Å². The van der Waals surface area contributed by atoms with Crippen molar-refractivity contribution in [1.29, 1.82) is 0 Å². The summed E-state index contributed by atoms with van der Waals surface area (Å²) in [6, 6.07) is 5.74. The second-order valence-corrected chi connectivity index (χ2v) is 4.40. The lowest BCUT2D eigenvalue weighted by atomic mass is 9.99. The van der Waals surface area contributed by atoms with Gasteiger partial charge < -0.3 is 9.47 Å². The maximum atomic E-state index is 11.5. The van der Waals surface area contributed by atoms with E-state index in [1.54, 1.807) is 7.11 Å². The van der Waals surface area contributed by atoms with Crippen molar-refractivity contribution in [2.45, 2.75) is 25.4 Å². The van der Waals surface area contributed by atoms with Crippen molar-refractivity contribution in [3.05, 3.63) is 29.3 Å². The predicted octanol–water partition coefficient (Wildman–Crippen LogP) is 1.08. The number of hydrazine groups is 1. The van der Waals surface area contributed by atoms with Crippen molar-refractivity contribution in [3.63, 3.8) is 0 Å². The van der Waals surface area contributed by atoms with Crippen molar-refractivity contribution < 1.29 is 14.3 Å². The summed E-state index contributed by atoms with van der Waals surface area (Å²) >= 11 is 0. The molecule has 2 N–H and O–H groups in total. The van der Waals surface area contributed by atoms with E-state index >= 15 is 0 Å². The van der Waals surface area contributed by atoms with Crippen LogP contribution in [0.4, 0.5) is 0 Å². The number of aryl methyl sites for hydroxylation is 1. The van der Waals surface area contributed by atoms with Crippen LogP contribution in [-0.2, 0) is 9.53 Å². The minimum Gasteiger partial charge on any atom is -0.496 e. The maximum Gasteiger partial charge on any atom is 0.324 e. The average Bonchev–Trinajstić information content (AvgIpc) is 2.87. The lowest BCUT2D eigenvalue weighted by Crippen LogP contribution is -2.36. The molecule has 1 aliphatic rings. The Morgan fingerprint density at radius 2 is 2.11 bits per heavy atom. The molecule has 0 radical (unpaired) electrons. The number of esters is 1. The van der Waals surface area contributed by atoms with E-state index in [9.17, 15) is 4.79 Å². The van der Waals surface area contributed by atoms with E-state index in [1.165, 1.54) is 7.11 Å². The Morgan fingerprint density at radius 1 is 1.33 bits per heavy atom. The fraction of sp³-hybridized carbons (Fsp3) is 0.462. The van der Waals surface area contributed by atoms with Crippen LogP contribution < -0.4 is 15.6 Å². The first-order valence-electron chi connectivity index (χ1n) is 5.89. The normalized spacial score (nSPS) is 22.8. The minimum absolute atomic E-state index is 0.0453. The second kappa shape index (κ2) is 5.37. The number of carbonyl (C=O) groups excluding carboxylic acids is 1. The molecule has 5 heteroatoms. The number of nitrogens with one attached hydrogen (secondary N) is 2. The molecule has 1 aliphatic heterocycles. The summed E-state index contributed by atoms with van der Waals surface area (Å²) < 4.78 is 10.1.